The van der Waals surface area contributed by atoms with Crippen molar-refractivity contribution in [1.82, 2.24) is 19.8 Å². The molecule has 1 aromatic heterocycles. The molecule has 0 radical (unpaired) electrons. The minimum atomic E-state index is 0.264. The molecule has 1 aromatic carbocycles. The Kier molecular flexibility index (Phi) is 4.89. The lowest BCUT2D eigenvalue weighted by Crippen LogP contribution is -2.71. The zero-order valence-electron chi connectivity index (χ0n) is 20.6. The van der Waals surface area contributed by atoms with Crippen LogP contribution in [-0.4, -0.2) is 57.0 Å². The van der Waals surface area contributed by atoms with Crippen molar-refractivity contribution < 1.29 is 0 Å². The smallest absolute Gasteiger partial charge is 0.144 e. The number of rotatable bonds is 6. The molecule has 0 spiro atoms. The van der Waals surface area contributed by atoms with Gasteiger partial charge in [0.05, 0.1) is 24.1 Å². The molecule has 178 valence electrons. The number of aromatic nitrogens is 2. The van der Waals surface area contributed by atoms with E-state index in [4.69, 9.17) is 9.97 Å². The van der Waals surface area contributed by atoms with Crippen molar-refractivity contribution in [3.8, 4) is 0 Å². The molecule has 4 aliphatic carbocycles. The Morgan fingerprint density at radius 3 is 2.71 bits per heavy atom. The number of hydrogen-bond donors (Lipinski definition) is 1. The van der Waals surface area contributed by atoms with Crippen LogP contribution in [0.3, 0.4) is 0 Å². The van der Waals surface area contributed by atoms with Crippen LogP contribution in [0.2, 0.25) is 0 Å². The van der Waals surface area contributed by atoms with Gasteiger partial charge in [-0.1, -0.05) is 31.2 Å². The van der Waals surface area contributed by atoms with Gasteiger partial charge in [-0.2, -0.15) is 0 Å². The van der Waals surface area contributed by atoms with E-state index >= 15 is 0 Å². The highest BCUT2D eigenvalue weighted by Gasteiger charge is 2.63. The van der Waals surface area contributed by atoms with Gasteiger partial charge < -0.3 is 10.2 Å². The highest BCUT2D eigenvalue weighted by atomic mass is 15.3. The molecule has 34 heavy (non-hydrogen) atoms. The van der Waals surface area contributed by atoms with Gasteiger partial charge in [-0.15, -0.1) is 0 Å². The molecule has 2 bridgehead atoms. The van der Waals surface area contributed by atoms with Crippen molar-refractivity contribution in [3.63, 3.8) is 0 Å². The number of anilines is 1. The fourth-order valence-electron chi connectivity index (χ4n) is 7.82. The summed E-state index contributed by atoms with van der Waals surface area (Å²) < 4.78 is 0. The number of hydrogen-bond acceptors (Lipinski definition) is 5. The first-order valence-corrected chi connectivity index (χ1v) is 13.5. The summed E-state index contributed by atoms with van der Waals surface area (Å²) in [6, 6.07) is 10.3. The maximum atomic E-state index is 5.08. The van der Waals surface area contributed by atoms with E-state index in [0.717, 1.165) is 36.8 Å². The highest BCUT2D eigenvalue weighted by Crippen LogP contribution is 2.65. The van der Waals surface area contributed by atoms with E-state index in [0.29, 0.717) is 17.6 Å². The van der Waals surface area contributed by atoms with E-state index in [1.807, 2.05) is 6.20 Å². The molecule has 0 amide bonds. The topological polar surface area (TPSA) is 44.3 Å². The SMILES string of the molecule is CCCN1CC[C@H](Nc2cnc([C@@H]3C4=C(C[C@@H](C)N3C35CC(C3)C5)c3ccccc3C4)cn2)C1. The average molecular weight is 456 g/mol. The third-order valence-corrected chi connectivity index (χ3v) is 9.36. The summed E-state index contributed by atoms with van der Waals surface area (Å²) in [5.41, 5.74) is 7.70. The van der Waals surface area contributed by atoms with E-state index in [1.54, 1.807) is 11.1 Å². The van der Waals surface area contributed by atoms with Crippen molar-refractivity contribution in [3.05, 3.63) is 59.1 Å². The van der Waals surface area contributed by atoms with E-state index in [-0.39, 0.29) is 6.04 Å². The van der Waals surface area contributed by atoms with Gasteiger partial charge in [-0.3, -0.25) is 9.88 Å². The van der Waals surface area contributed by atoms with Gasteiger partial charge in [0.1, 0.15) is 5.82 Å². The number of nitrogens with one attached hydrogen (secondary N) is 1. The molecular weight excluding hydrogens is 418 g/mol. The Balaban J connectivity index is 1.18. The van der Waals surface area contributed by atoms with Gasteiger partial charge in [-0.05, 0) is 86.6 Å². The van der Waals surface area contributed by atoms with Crippen LogP contribution in [0.5, 0.6) is 0 Å². The molecule has 3 atom stereocenters. The Morgan fingerprint density at radius 1 is 1.12 bits per heavy atom. The van der Waals surface area contributed by atoms with Gasteiger partial charge in [0.15, 0.2) is 0 Å². The largest absolute Gasteiger partial charge is 0.365 e. The molecular formula is C29H37N5. The third-order valence-electron chi connectivity index (χ3n) is 9.36. The van der Waals surface area contributed by atoms with Gasteiger partial charge in [0.2, 0.25) is 0 Å². The molecule has 6 aliphatic rings. The van der Waals surface area contributed by atoms with Crippen molar-refractivity contribution in [2.24, 2.45) is 5.92 Å². The molecule has 1 saturated heterocycles. The van der Waals surface area contributed by atoms with Crippen LogP contribution in [0.1, 0.15) is 75.2 Å². The molecule has 2 aliphatic heterocycles. The summed E-state index contributed by atoms with van der Waals surface area (Å²) in [5.74, 6) is 1.90. The zero-order chi connectivity index (χ0) is 22.9. The maximum absolute atomic E-state index is 5.08. The summed E-state index contributed by atoms with van der Waals surface area (Å²) in [5, 5.41) is 3.66. The summed E-state index contributed by atoms with van der Waals surface area (Å²) in [7, 11) is 0. The maximum Gasteiger partial charge on any atom is 0.144 e. The number of fused-ring (bicyclic) bond motifs is 2. The normalized spacial score (nSPS) is 34.4. The quantitative estimate of drug-likeness (QED) is 0.659. The summed E-state index contributed by atoms with van der Waals surface area (Å²) >= 11 is 0. The molecule has 3 heterocycles. The molecule has 5 heteroatoms. The molecule has 0 unspecified atom stereocenters. The molecule has 5 nitrogen and oxygen atoms in total. The minimum absolute atomic E-state index is 0.264. The first-order valence-electron chi connectivity index (χ1n) is 13.5. The van der Waals surface area contributed by atoms with E-state index in [2.05, 4.69) is 59.4 Å². The molecule has 4 fully saturated rings. The number of nitrogens with zero attached hydrogens (tertiary/aromatic N) is 4. The molecule has 8 rings (SSSR count). The molecule has 2 aromatic rings. The molecule has 3 saturated carbocycles. The number of likely N-dealkylation sites (tertiary alicyclic amines) is 1. The molecule has 1 N–H and O–H groups in total. The van der Waals surface area contributed by atoms with Crippen LogP contribution in [0.15, 0.2) is 42.2 Å². The van der Waals surface area contributed by atoms with Gasteiger partial charge >= 0.3 is 0 Å². The monoisotopic (exact) mass is 455 g/mol. The predicted molar refractivity (Wildman–Crippen MR) is 137 cm³/mol. The van der Waals surface area contributed by atoms with Crippen molar-refractivity contribution in [1.29, 1.82) is 0 Å². The standard InChI is InChI=1S/C29H37N5/c1-3-9-33-10-8-22(18-33)32-27-17-30-26(16-31-27)28-25-12-21-6-4-5-7-23(21)24(25)11-19(2)34(28)29-13-20(14-29)15-29/h4-7,16-17,19-20,22,28H,3,8-15,18H2,1-2H3,(H,31,32)/t19-,20?,22+,28+,29?/m1/s1. The second kappa shape index (κ2) is 7.89. The van der Waals surface area contributed by atoms with Crippen LogP contribution >= 0.6 is 0 Å². The van der Waals surface area contributed by atoms with E-state index < -0.39 is 0 Å². The minimum Gasteiger partial charge on any atom is -0.365 e. The van der Waals surface area contributed by atoms with Crippen LogP contribution in [-0.2, 0) is 6.42 Å². The van der Waals surface area contributed by atoms with Crippen LogP contribution in [0.4, 0.5) is 5.82 Å². The summed E-state index contributed by atoms with van der Waals surface area (Å²) in [6.45, 7) is 8.21. The van der Waals surface area contributed by atoms with E-state index in [1.165, 1.54) is 56.3 Å². The van der Waals surface area contributed by atoms with Crippen molar-refractivity contribution >= 4 is 11.4 Å². The number of benzene rings is 1. The summed E-state index contributed by atoms with van der Waals surface area (Å²) in [6.07, 6.45) is 12.9. The first-order chi connectivity index (χ1) is 16.6. The lowest BCUT2D eigenvalue weighted by Gasteiger charge is -2.70. The lowest BCUT2D eigenvalue weighted by atomic mass is 9.48. The van der Waals surface area contributed by atoms with Crippen LogP contribution in [0, 0.1) is 5.92 Å². The Labute approximate surface area is 203 Å². The van der Waals surface area contributed by atoms with E-state index in [9.17, 15) is 0 Å². The van der Waals surface area contributed by atoms with Crippen LogP contribution < -0.4 is 5.32 Å². The fourth-order valence-corrected chi connectivity index (χ4v) is 7.82. The Bertz CT molecular complexity index is 1100. The van der Waals surface area contributed by atoms with Gasteiger partial charge in [0, 0.05) is 30.7 Å². The first kappa shape index (κ1) is 21.1. The van der Waals surface area contributed by atoms with Crippen molar-refractivity contribution in [2.45, 2.75) is 82.5 Å². The fraction of sp³-hybridized carbons (Fsp3) is 0.586. The van der Waals surface area contributed by atoms with Gasteiger partial charge in [0.25, 0.3) is 0 Å². The Hall–Kier alpha value is -2.24. The second-order valence-corrected chi connectivity index (χ2v) is 11.7. The predicted octanol–water partition coefficient (Wildman–Crippen LogP) is 5.07. The van der Waals surface area contributed by atoms with Crippen molar-refractivity contribution in [2.75, 3.05) is 25.0 Å². The summed E-state index contributed by atoms with van der Waals surface area (Å²) in [4.78, 5) is 15.4. The zero-order valence-corrected chi connectivity index (χ0v) is 20.6. The Morgan fingerprint density at radius 2 is 1.97 bits per heavy atom. The van der Waals surface area contributed by atoms with Crippen LogP contribution in [0.25, 0.3) is 5.57 Å². The average Bonchev–Trinajstić information content (AvgIpc) is 3.37. The second-order valence-electron chi connectivity index (χ2n) is 11.7. The lowest BCUT2D eigenvalue weighted by molar-refractivity contribution is -0.173. The highest BCUT2D eigenvalue weighted by molar-refractivity contribution is 5.79. The van der Waals surface area contributed by atoms with Gasteiger partial charge in [-0.25, -0.2) is 4.98 Å². The third kappa shape index (κ3) is 3.20.